The highest BCUT2D eigenvalue weighted by molar-refractivity contribution is 6.30. The van der Waals surface area contributed by atoms with E-state index < -0.39 is 0 Å². The molecule has 0 N–H and O–H groups in total. The number of hydrogen-bond acceptors (Lipinski definition) is 4. The molecule has 0 bridgehead atoms. The molecule has 154 valence electrons. The number of amides is 2. The van der Waals surface area contributed by atoms with Crippen molar-refractivity contribution in [3.8, 4) is 11.5 Å². The van der Waals surface area contributed by atoms with E-state index in [-0.39, 0.29) is 18.4 Å². The van der Waals surface area contributed by atoms with Crippen molar-refractivity contribution in [2.45, 2.75) is 13.3 Å². The number of rotatable bonds is 6. The average molecular weight is 417 g/mol. The first-order valence-corrected chi connectivity index (χ1v) is 10.1. The van der Waals surface area contributed by atoms with Gasteiger partial charge in [-0.15, -0.1) is 0 Å². The molecule has 0 aromatic heterocycles. The number of carbonyl (C=O) groups is 2. The third-order valence-electron chi connectivity index (χ3n) is 4.72. The van der Waals surface area contributed by atoms with Crippen LogP contribution in [0.15, 0.2) is 48.5 Å². The van der Waals surface area contributed by atoms with Gasteiger partial charge in [0.15, 0.2) is 6.61 Å². The summed E-state index contributed by atoms with van der Waals surface area (Å²) in [6, 6.07) is 14.1. The highest BCUT2D eigenvalue weighted by Gasteiger charge is 2.23. The second-order valence-corrected chi connectivity index (χ2v) is 7.16. The number of carbonyl (C=O) groups excluding carboxylic acids is 2. The quantitative estimate of drug-likeness (QED) is 0.723. The van der Waals surface area contributed by atoms with Gasteiger partial charge >= 0.3 is 0 Å². The van der Waals surface area contributed by atoms with Crippen LogP contribution < -0.4 is 9.47 Å². The summed E-state index contributed by atoms with van der Waals surface area (Å²) in [7, 11) is 0. The van der Waals surface area contributed by atoms with Crippen LogP contribution in [-0.2, 0) is 4.79 Å². The summed E-state index contributed by atoms with van der Waals surface area (Å²) in [6.07, 6.45) is 0.732. The molecule has 2 amide bonds. The van der Waals surface area contributed by atoms with Gasteiger partial charge in [-0.3, -0.25) is 9.59 Å². The van der Waals surface area contributed by atoms with E-state index in [9.17, 15) is 9.59 Å². The van der Waals surface area contributed by atoms with Crippen LogP contribution in [0.5, 0.6) is 11.5 Å². The third-order valence-corrected chi connectivity index (χ3v) is 4.98. The number of hydrogen-bond donors (Lipinski definition) is 0. The summed E-state index contributed by atoms with van der Waals surface area (Å²) >= 11 is 5.85. The van der Waals surface area contributed by atoms with Crippen LogP contribution in [0, 0.1) is 0 Å². The predicted octanol–water partition coefficient (Wildman–Crippen LogP) is 3.49. The molecular formula is C22H25ClN2O4. The summed E-state index contributed by atoms with van der Waals surface area (Å²) in [6.45, 7) is 4.69. The summed E-state index contributed by atoms with van der Waals surface area (Å²) in [4.78, 5) is 28.8. The molecule has 0 atom stereocenters. The molecule has 1 heterocycles. The highest BCUT2D eigenvalue weighted by Crippen LogP contribution is 2.17. The normalized spacial score (nSPS) is 14.3. The van der Waals surface area contributed by atoms with Crippen LogP contribution in [0.2, 0.25) is 5.02 Å². The highest BCUT2D eigenvalue weighted by atomic mass is 35.5. The largest absolute Gasteiger partial charge is 0.494 e. The molecule has 2 aromatic rings. The Morgan fingerprint density at radius 1 is 0.862 bits per heavy atom. The Balaban J connectivity index is 1.51. The fourth-order valence-electron chi connectivity index (χ4n) is 3.18. The average Bonchev–Trinajstić information content (AvgIpc) is 3.00. The lowest BCUT2D eigenvalue weighted by molar-refractivity contribution is -0.133. The first-order valence-electron chi connectivity index (χ1n) is 9.75. The predicted molar refractivity (Wildman–Crippen MR) is 112 cm³/mol. The van der Waals surface area contributed by atoms with Crippen LogP contribution in [0.4, 0.5) is 0 Å². The molecule has 2 aromatic carbocycles. The van der Waals surface area contributed by atoms with Crippen molar-refractivity contribution >= 4 is 23.4 Å². The molecule has 1 aliphatic heterocycles. The van der Waals surface area contributed by atoms with Crippen LogP contribution in [0.1, 0.15) is 23.7 Å². The molecule has 0 radical (unpaired) electrons. The minimum atomic E-state index is -0.0877. The standard InChI is InChI=1S/C22H25ClN2O4/c1-2-28-19-8-4-17(5-9-19)22(27)25-13-3-12-24(14-15-25)21(26)16-29-20-10-6-18(23)7-11-20/h4-11H,2-3,12-16H2,1H3. The number of ether oxygens (including phenoxy) is 2. The van der Waals surface area contributed by atoms with Gasteiger partial charge in [0.25, 0.3) is 11.8 Å². The van der Waals surface area contributed by atoms with E-state index in [1.54, 1.807) is 58.3 Å². The molecule has 0 aliphatic carbocycles. The maximum Gasteiger partial charge on any atom is 0.260 e. The molecule has 6 nitrogen and oxygen atoms in total. The molecule has 1 saturated heterocycles. The molecule has 0 saturated carbocycles. The van der Waals surface area contributed by atoms with Gasteiger partial charge in [0.2, 0.25) is 0 Å². The maximum absolute atomic E-state index is 12.8. The fourth-order valence-corrected chi connectivity index (χ4v) is 3.31. The van der Waals surface area contributed by atoms with E-state index in [1.165, 1.54) is 0 Å². The van der Waals surface area contributed by atoms with E-state index in [2.05, 4.69) is 0 Å². The summed E-state index contributed by atoms with van der Waals surface area (Å²) in [5.41, 5.74) is 0.624. The second kappa shape index (κ2) is 10.2. The Hall–Kier alpha value is -2.73. The van der Waals surface area contributed by atoms with Crippen molar-refractivity contribution in [2.75, 3.05) is 39.4 Å². The summed E-state index contributed by atoms with van der Waals surface area (Å²) in [5, 5.41) is 0.619. The van der Waals surface area contributed by atoms with Gasteiger partial charge in [0, 0.05) is 36.8 Å². The Morgan fingerprint density at radius 3 is 2.14 bits per heavy atom. The van der Waals surface area contributed by atoms with Crippen molar-refractivity contribution in [3.05, 3.63) is 59.1 Å². The molecule has 0 spiro atoms. The summed E-state index contributed by atoms with van der Waals surface area (Å²) in [5.74, 6) is 1.23. The lowest BCUT2D eigenvalue weighted by atomic mass is 10.2. The third kappa shape index (κ3) is 5.87. The second-order valence-electron chi connectivity index (χ2n) is 6.73. The SMILES string of the molecule is CCOc1ccc(C(=O)N2CCCN(C(=O)COc3ccc(Cl)cc3)CC2)cc1. The van der Waals surface area contributed by atoms with Gasteiger partial charge in [0.1, 0.15) is 11.5 Å². The Labute approximate surface area is 176 Å². The van der Waals surface area contributed by atoms with E-state index >= 15 is 0 Å². The van der Waals surface area contributed by atoms with Crippen LogP contribution in [0.3, 0.4) is 0 Å². The fraction of sp³-hybridized carbons (Fsp3) is 0.364. The number of nitrogens with zero attached hydrogens (tertiary/aromatic N) is 2. The van der Waals surface area contributed by atoms with Crippen molar-refractivity contribution < 1.29 is 19.1 Å². The minimum Gasteiger partial charge on any atom is -0.494 e. The lowest BCUT2D eigenvalue weighted by Crippen LogP contribution is -2.39. The monoisotopic (exact) mass is 416 g/mol. The Kier molecular flexibility index (Phi) is 7.36. The first kappa shape index (κ1) is 21.0. The van der Waals surface area contributed by atoms with E-state index in [0.717, 1.165) is 12.2 Å². The van der Waals surface area contributed by atoms with Crippen molar-refractivity contribution in [3.63, 3.8) is 0 Å². The smallest absolute Gasteiger partial charge is 0.260 e. The Morgan fingerprint density at radius 2 is 1.45 bits per heavy atom. The molecule has 3 rings (SSSR count). The van der Waals surface area contributed by atoms with Gasteiger partial charge in [-0.2, -0.15) is 0 Å². The molecule has 1 aliphatic rings. The van der Waals surface area contributed by atoms with Crippen LogP contribution in [0.25, 0.3) is 0 Å². The number of halogens is 1. The van der Waals surface area contributed by atoms with Crippen LogP contribution in [-0.4, -0.2) is 61.0 Å². The van der Waals surface area contributed by atoms with Crippen molar-refractivity contribution in [2.24, 2.45) is 0 Å². The zero-order chi connectivity index (χ0) is 20.6. The summed E-state index contributed by atoms with van der Waals surface area (Å²) < 4.78 is 11.0. The Bertz CT molecular complexity index is 824. The zero-order valence-corrected chi connectivity index (χ0v) is 17.2. The zero-order valence-electron chi connectivity index (χ0n) is 16.5. The van der Waals surface area contributed by atoms with E-state index in [4.69, 9.17) is 21.1 Å². The topological polar surface area (TPSA) is 59.1 Å². The van der Waals surface area contributed by atoms with Crippen LogP contribution >= 0.6 is 11.6 Å². The first-order chi connectivity index (χ1) is 14.1. The molecule has 0 unspecified atom stereocenters. The van der Waals surface area contributed by atoms with Gasteiger partial charge < -0.3 is 19.3 Å². The lowest BCUT2D eigenvalue weighted by Gasteiger charge is -2.22. The van der Waals surface area contributed by atoms with Gasteiger partial charge in [-0.05, 0) is 61.9 Å². The maximum atomic E-state index is 12.8. The van der Waals surface area contributed by atoms with Crippen molar-refractivity contribution in [1.82, 2.24) is 9.80 Å². The minimum absolute atomic E-state index is 0.0280. The van der Waals surface area contributed by atoms with E-state index in [0.29, 0.717) is 49.1 Å². The van der Waals surface area contributed by atoms with E-state index in [1.807, 2.05) is 6.92 Å². The molecule has 1 fully saturated rings. The molecular weight excluding hydrogens is 392 g/mol. The van der Waals surface area contributed by atoms with Crippen molar-refractivity contribution in [1.29, 1.82) is 0 Å². The van der Waals surface area contributed by atoms with Gasteiger partial charge in [-0.1, -0.05) is 11.6 Å². The van der Waals surface area contributed by atoms with Gasteiger partial charge in [0.05, 0.1) is 6.61 Å². The van der Waals surface area contributed by atoms with Gasteiger partial charge in [-0.25, -0.2) is 0 Å². The number of benzene rings is 2. The molecule has 29 heavy (non-hydrogen) atoms. The molecule has 7 heteroatoms.